The number of hydrogen-bond donors (Lipinski definition) is 0. The highest BCUT2D eigenvalue weighted by molar-refractivity contribution is 7.91. The van der Waals surface area contributed by atoms with Gasteiger partial charge in [0, 0.05) is 0 Å². The predicted octanol–water partition coefficient (Wildman–Crippen LogP) is 3.04. The summed E-state index contributed by atoms with van der Waals surface area (Å²) in [5, 5.41) is 0. The molecule has 0 spiro atoms. The highest BCUT2D eigenvalue weighted by Crippen LogP contribution is 2.28. The summed E-state index contributed by atoms with van der Waals surface area (Å²) >= 11 is 0. The van der Waals surface area contributed by atoms with Crippen molar-refractivity contribution in [3.8, 4) is 0 Å². The maximum absolute atomic E-state index is 12.0. The van der Waals surface area contributed by atoms with Crippen LogP contribution in [0, 0.1) is 5.92 Å². The lowest BCUT2D eigenvalue weighted by Crippen LogP contribution is -2.10. The number of benzene rings is 1. The lowest BCUT2D eigenvalue weighted by molar-refractivity contribution is 0.521. The van der Waals surface area contributed by atoms with Gasteiger partial charge in [-0.05, 0) is 24.5 Å². The smallest absolute Gasteiger partial charge is 0.178 e. The van der Waals surface area contributed by atoms with Crippen molar-refractivity contribution in [1.82, 2.24) is 0 Å². The van der Waals surface area contributed by atoms with Gasteiger partial charge in [0.25, 0.3) is 0 Å². The van der Waals surface area contributed by atoms with Gasteiger partial charge in [-0.3, -0.25) is 0 Å². The van der Waals surface area contributed by atoms with Crippen molar-refractivity contribution in [2.75, 3.05) is 5.75 Å². The predicted molar refractivity (Wildman–Crippen MR) is 65.1 cm³/mol. The fourth-order valence-electron chi connectivity index (χ4n) is 2.37. The van der Waals surface area contributed by atoms with Crippen LogP contribution in [0.2, 0.25) is 0 Å². The molecule has 1 saturated carbocycles. The van der Waals surface area contributed by atoms with Crippen LogP contribution >= 0.6 is 0 Å². The van der Waals surface area contributed by atoms with Gasteiger partial charge in [-0.25, -0.2) is 8.42 Å². The molecule has 0 radical (unpaired) electrons. The minimum atomic E-state index is -3.05. The summed E-state index contributed by atoms with van der Waals surface area (Å²) in [6.45, 7) is 0. The Kier molecular flexibility index (Phi) is 3.64. The summed E-state index contributed by atoms with van der Waals surface area (Å²) in [5.41, 5.74) is 0. The molecular weight excluding hydrogens is 220 g/mol. The second-order valence-electron chi connectivity index (χ2n) is 4.57. The Labute approximate surface area is 97.6 Å². The Morgan fingerprint density at radius 3 is 2.31 bits per heavy atom. The summed E-state index contributed by atoms with van der Waals surface area (Å²) in [7, 11) is -3.05. The first kappa shape index (κ1) is 11.6. The van der Waals surface area contributed by atoms with E-state index in [0.29, 0.717) is 16.6 Å². The first-order valence-electron chi connectivity index (χ1n) is 5.96. The third kappa shape index (κ3) is 2.85. The molecule has 0 N–H and O–H groups in total. The normalized spacial score (nSPS) is 17.8. The topological polar surface area (TPSA) is 34.1 Å². The molecule has 2 nitrogen and oxygen atoms in total. The zero-order valence-electron chi connectivity index (χ0n) is 9.43. The summed E-state index contributed by atoms with van der Waals surface area (Å²) in [5.74, 6) is 0.945. The molecule has 2 rings (SSSR count). The minimum Gasteiger partial charge on any atom is -0.224 e. The van der Waals surface area contributed by atoms with E-state index in [0.717, 1.165) is 6.42 Å². The molecule has 88 valence electrons. The summed E-state index contributed by atoms with van der Waals surface area (Å²) in [4.78, 5) is 0.466. The molecule has 0 aliphatic heterocycles. The fraction of sp³-hybridized carbons (Fsp3) is 0.538. The van der Waals surface area contributed by atoms with Crippen molar-refractivity contribution in [2.45, 2.75) is 37.0 Å². The van der Waals surface area contributed by atoms with E-state index in [1.54, 1.807) is 24.3 Å². The van der Waals surface area contributed by atoms with Crippen molar-refractivity contribution in [3.05, 3.63) is 30.3 Å². The summed E-state index contributed by atoms with van der Waals surface area (Å²) < 4.78 is 24.0. The molecule has 1 aromatic carbocycles. The van der Waals surface area contributed by atoms with Gasteiger partial charge in [0.2, 0.25) is 0 Å². The van der Waals surface area contributed by atoms with E-state index in [1.807, 2.05) is 6.07 Å². The maximum Gasteiger partial charge on any atom is 0.178 e. The van der Waals surface area contributed by atoms with Gasteiger partial charge >= 0.3 is 0 Å². The van der Waals surface area contributed by atoms with Gasteiger partial charge in [0.15, 0.2) is 9.84 Å². The molecule has 16 heavy (non-hydrogen) atoms. The van der Waals surface area contributed by atoms with E-state index >= 15 is 0 Å². The second-order valence-corrected chi connectivity index (χ2v) is 6.68. The molecule has 0 heterocycles. The van der Waals surface area contributed by atoms with Crippen molar-refractivity contribution in [2.24, 2.45) is 5.92 Å². The Hall–Kier alpha value is -0.830. The largest absolute Gasteiger partial charge is 0.224 e. The van der Waals surface area contributed by atoms with Crippen molar-refractivity contribution in [1.29, 1.82) is 0 Å². The molecule has 1 aromatic rings. The van der Waals surface area contributed by atoms with E-state index in [1.165, 1.54) is 25.7 Å². The first-order valence-corrected chi connectivity index (χ1v) is 7.61. The lowest BCUT2D eigenvalue weighted by Gasteiger charge is -2.09. The SMILES string of the molecule is O=S(=O)(CCC1CCCC1)c1ccccc1. The summed E-state index contributed by atoms with van der Waals surface area (Å²) in [6.07, 6.45) is 5.80. The van der Waals surface area contributed by atoms with E-state index in [4.69, 9.17) is 0 Å². The van der Waals surface area contributed by atoms with Crippen LogP contribution in [0.4, 0.5) is 0 Å². The molecule has 1 fully saturated rings. The Morgan fingerprint density at radius 2 is 1.69 bits per heavy atom. The van der Waals surface area contributed by atoms with Crippen LogP contribution < -0.4 is 0 Å². The van der Waals surface area contributed by atoms with Crippen LogP contribution in [0.15, 0.2) is 35.2 Å². The number of sulfone groups is 1. The quantitative estimate of drug-likeness (QED) is 0.808. The second kappa shape index (κ2) is 5.00. The minimum absolute atomic E-state index is 0.307. The standard InChI is InChI=1S/C13H18O2S/c14-16(15,13-8-2-1-3-9-13)11-10-12-6-4-5-7-12/h1-3,8-9,12H,4-7,10-11H2. The Bertz CT molecular complexity index is 417. The van der Waals surface area contributed by atoms with E-state index in [2.05, 4.69) is 0 Å². The average Bonchev–Trinajstić information content (AvgIpc) is 2.81. The van der Waals surface area contributed by atoms with Gasteiger partial charge in [0.05, 0.1) is 10.6 Å². The zero-order chi connectivity index (χ0) is 11.4. The molecular formula is C13H18O2S. The van der Waals surface area contributed by atoms with E-state index < -0.39 is 9.84 Å². The molecule has 1 aliphatic rings. The van der Waals surface area contributed by atoms with Crippen molar-refractivity contribution >= 4 is 9.84 Å². The molecule has 0 atom stereocenters. The number of rotatable bonds is 4. The average molecular weight is 238 g/mol. The number of hydrogen-bond acceptors (Lipinski definition) is 2. The van der Waals surface area contributed by atoms with Gasteiger partial charge in [-0.1, -0.05) is 43.9 Å². The van der Waals surface area contributed by atoms with Crippen molar-refractivity contribution < 1.29 is 8.42 Å². The zero-order valence-corrected chi connectivity index (χ0v) is 10.2. The maximum atomic E-state index is 12.0. The molecule has 0 bridgehead atoms. The lowest BCUT2D eigenvalue weighted by atomic mass is 10.1. The van der Waals surface area contributed by atoms with Gasteiger partial charge in [-0.15, -0.1) is 0 Å². The van der Waals surface area contributed by atoms with Crippen LogP contribution in [0.25, 0.3) is 0 Å². The molecule has 1 aliphatic carbocycles. The molecule has 0 aromatic heterocycles. The Balaban J connectivity index is 1.98. The fourth-order valence-corrected chi connectivity index (χ4v) is 3.82. The van der Waals surface area contributed by atoms with Crippen LogP contribution in [0.1, 0.15) is 32.1 Å². The molecule has 0 unspecified atom stereocenters. The molecule has 0 amide bonds. The van der Waals surface area contributed by atoms with Gasteiger partial charge < -0.3 is 0 Å². The van der Waals surface area contributed by atoms with Crippen LogP contribution in [0.5, 0.6) is 0 Å². The first-order chi connectivity index (χ1) is 7.68. The third-order valence-corrected chi connectivity index (χ3v) is 5.14. The van der Waals surface area contributed by atoms with Gasteiger partial charge in [-0.2, -0.15) is 0 Å². The molecule has 0 saturated heterocycles. The van der Waals surface area contributed by atoms with E-state index in [-0.39, 0.29) is 0 Å². The summed E-state index contributed by atoms with van der Waals surface area (Å²) in [6, 6.07) is 8.77. The monoisotopic (exact) mass is 238 g/mol. The highest BCUT2D eigenvalue weighted by Gasteiger charge is 2.20. The van der Waals surface area contributed by atoms with Crippen molar-refractivity contribution in [3.63, 3.8) is 0 Å². The van der Waals surface area contributed by atoms with Crippen LogP contribution in [-0.2, 0) is 9.84 Å². The highest BCUT2D eigenvalue weighted by atomic mass is 32.2. The molecule has 3 heteroatoms. The van der Waals surface area contributed by atoms with Gasteiger partial charge in [0.1, 0.15) is 0 Å². The van der Waals surface area contributed by atoms with E-state index in [9.17, 15) is 8.42 Å². The van der Waals surface area contributed by atoms with Crippen LogP contribution in [-0.4, -0.2) is 14.2 Å². The van der Waals surface area contributed by atoms with Crippen LogP contribution in [0.3, 0.4) is 0 Å². The Morgan fingerprint density at radius 1 is 1.06 bits per heavy atom. The third-order valence-electron chi connectivity index (χ3n) is 3.37.